The SMILES string of the molecule is Nc1ccc(C(=O)Oc2ccc(C(F)(F)F)cc2)cn1. The monoisotopic (exact) mass is 282 g/mol. The largest absolute Gasteiger partial charge is 0.423 e. The number of pyridine rings is 1. The maximum absolute atomic E-state index is 12.4. The average molecular weight is 282 g/mol. The quantitative estimate of drug-likeness (QED) is 0.679. The maximum Gasteiger partial charge on any atom is 0.416 e. The fraction of sp³-hybridized carbons (Fsp3) is 0.0769. The molecule has 20 heavy (non-hydrogen) atoms. The molecular formula is C13H9F3N2O2. The van der Waals surface area contributed by atoms with Crippen molar-refractivity contribution in [3.05, 3.63) is 53.7 Å². The molecule has 0 aliphatic carbocycles. The van der Waals surface area contributed by atoms with Gasteiger partial charge in [-0.3, -0.25) is 0 Å². The van der Waals surface area contributed by atoms with Crippen molar-refractivity contribution in [3.63, 3.8) is 0 Å². The Morgan fingerprint density at radius 1 is 1.10 bits per heavy atom. The molecule has 2 N–H and O–H groups in total. The molecule has 0 aliphatic heterocycles. The summed E-state index contributed by atoms with van der Waals surface area (Å²) < 4.78 is 42.0. The molecule has 0 aliphatic rings. The normalized spacial score (nSPS) is 11.2. The van der Waals surface area contributed by atoms with Gasteiger partial charge in [0.1, 0.15) is 11.6 Å². The molecule has 0 atom stereocenters. The molecule has 1 aromatic carbocycles. The summed E-state index contributed by atoms with van der Waals surface area (Å²) >= 11 is 0. The number of hydrogen-bond acceptors (Lipinski definition) is 4. The molecule has 0 saturated carbocycles. The van der Waals surface area contributed by atoms with Crippen molar-refractivity contribution >= 4 is 11.8 Å². The van der Waals surface area contributed by atoms with Gasteiger partial charge in [0.25, 0.3) is 0 Å². The van der Waals surface area contributed by atoms with Gasteiger partial charge in [-0.2, -0.15) is 13.2 Å². The van der Waals surface area contributed by atoms with E-state index in [0.29, 0.717) is 0 Å². The van der Waals surface area contributed by atoms with Crippen molar-refractivity contribution in [3.8, 4) is 5.75 Å². The Balaban J connectivity index is 2.10. The molecule has 4 nitrogen and oxygen atoms in total. The summed E-state index contributed by atoms with van der Waals surface area (Å²) in [4.78, 5) is 15.4. The fourth-order valence-corrected chi connectivity index (χ4v) is 1.40. The molecule has 2 rings (SSSR count). The first kappa shape index (κ1) is 13.9. The van der Waals surface area contributed by atoms with E-state index in [1.807, 2.05) is 0 Å². The van der Waals surface area contributed by atoms with Crippen molar-refractivity contribution in [1.82, 2.24) is 4.98 Å². The van der Waals surface area contributed by atoms with Crippen LogP contribution < -0.4 is 10.5 Å². The summed E-state index contributed by atoms with van der Waals surface area (Å²) in [7, 11) is 0. The van der Waals surface area contributed by atoms with E-state index in [9.17, 15) is 18.0 Å². The number of alkyl halides is 3. The summed E-state index contributed by atoms with van der Waals surface area (Å²) in [6.07, 6.45) is -3.20. The lowest BCUT2D eigenvalue weighted by Gasteiger charge is -2.08. The van der Waals surface area contributed by atoms with Crippen LogP contribution in [0.5, 0.6) is 5.75 Å². The number of benzene rings is 1. The second-order valence-corrected chi connectivity index (χ2v) is 3.88. The molecule has 0 saturated heterocycles. The molecule has 0 radical (unpaired) electrons. The van der Waals surface area contributed by atoms with E-state index in [1.165, 1.54) is 18.3 Å². The van der Waals surface area contributed by atoms with Crippen LogP contribution in [-0.4, -0.2) is 11.0 Å². The van der Waals surface area contributed by atoms with Crippen molar-refractivity contribution in [2.75, 3.05) is 5.73 Å². The Hall–Kier alpha value is -2.57. The van der Waals surface area contributed by atoms with Gasteiger partial charge in [0.15, 0.2) is 0 Å². The van der Waals surface area contributed by atoms with Crippen LogP contribution >= 0.6 is 0 Å². The van der Waals surface area contributed by atoms with Gasteiger partial charge in [-0.15, -0.1) is 0 Å². The van der Waals surface area contributed by atoms with E-state index in [1.54, 1.807) is 0 Å². The number of halogens is 3. The van der Waals surface area contributed by atoms with Gasteiger partial charge in [-0.05, 0) is 36.4 Å². The number of hydrogen-bond donors (Lipinski definition) is 1. The van der Waals surface area contributed by atoms with E-state index < -0.39 is 17.7 Å². The summed E-state index contributed by atoms with van der Waals surface area (Å²) in [5.74, 6) is -0.465. The zero-order chi connectivity index (χ0) is 14.8. The van der Waals surface area contributed by atoms with E-state index in [-0.39, 0.29) is 17.1 Å². The standard InChI is InChI=1S/C13H9F3N2O2/c14-13(15,16)9-2-4-10(5-3-9)20-12(19)8-1-6-11(17)18-7-8/h1-7H,(H2,17,18). The van der Waals surface area contributed by atoms with Gasteiger partial charge in [0, 0.05) is 6.20 Å². The lowest BCUT2D eigenvalue weighted by molar-refractivity contribution is -0.137. The van der Waals surface area contributed by atoms with Crippen LogP contribution in [0.1, 0.15) is 15.9 Å². The van der Waals surface area contributed by atoms with E-state index in [0.717, 1.165) is 24.3 Å². The minimum atomic E-state index is -4.43. The number of carbonyl (C=O) groups excluding carboxylic acids is 1. The van der Waals surface area contributed by atoms with Crippen molar-refractivity contribution < 1.29 is 22.7 Å². The first-order chi connectivity index (χ1) is 9.36. The Bertz CT molecular complexity index is 607. The number of nitrogen functional groups attached to an aromatic ring is 1. The number of carbonyl (C=O) groups is 1. The van der Waals surface area contributed by atoms with E-state index >= 15 is 0 Å². The summed E-state index contributed by atoms with van der Waals surface area (Å²) in [6, 6.07) is 6.66. The molecule has 0 fully saturated rings. The zero-order valence-electron chi connectivity index (χ0n) is 10.0. The molecule has 0 spiro atoms. The van der Waals surface area contributed by atoms with Crippen LogP contribution in [0.15, 0.2) is 42.6 Å². The van der Waals surface area contributed by atoms with E-state index in [4.69, 9.17) is 10.5 Å². The smallest absolute Gasteiger partial charge is 0.416 e. The Morgan fingerprint density at radius 3 is 2.25 bits per heavy atom. The van der Waals surface area contributed by atoms with E-state index in [2.05, 4.69) is 4.98 Å². The van der Waals surface area contributed by atoms with Gasteiger partial charge in [-0.1, -0.05) is 0 Å². The van der Waals surface area contributed by atoms with Crippen LogP contribution in [0.4, 0.5) is 19.0 Å². The number of anilines is 1. The minimum Gasteiger partial charge on any atom is -0.423 e. The zero-order valence-corrected chi connectivity index (χ0v) is 10.0. The third-order valence-corrected chi connectivity index (χ3v) is 2.41. The van der Waals surface area contributed by atoms with Gasteiger partial charge < -0.3 is 10.5 Å². The number of ether oxygens (including phenoxy) is 1. The number of rotatable bonds is 2. The van der Waals surface area contributed by atoms with Crippen LogP contribution in [0.3, 0.4) is 0 Å². The predicted octanol–water partition coefficient (Wildman–Crippen LogP) is 2.90. The average Bonchev–Trinajstić information content (AvgIpc) is 2.39. The molecular weight excluding hydrogens is 273 g/mol. The molecule has 1 aromatic heterocycles. The first-order valence-corrected chi connectivity index (χ1v) is 5.47. The van der Waals surface area contributed by atoms with Gasteiger partial charge in [-0.25, -0.2) is 9.78 Å². The number of esters is 1. The van der Waals surface area contributed by atoms with Gasteiger partial charge >= 0.3 is 12.1 Å². The van der Waals surface area contributed by atoms with Crippen molar-refractivity contribution in [1.29, 1.82) is 0 Å². The predicted molar refractivity (Wildman–Crippen MR) is 65.1 cm³/mol. The lowest BCUT2D eigenvalue weighted by atomic mass is 10.2. The second kappa shape index (κ2) is 5.20. The molecule has 0 unspecified atom stereocenters. The second-order valence-electron chi connectivity index (χ2n) is 3.88. The minimum absolute atomic E-state index is 0.0137. The highest BCUT2D eigenvalue weighted by atomic mass is 19.4. The Kier molecular flexibility index (Phi) is 3.60. The molecule has 1 heterocycles. The highest BCUT2D eigenvalue weighted by molar-refractivity contribution is 5.90. The fourth-order valence-electron chi connectivity index (χ4n) is 1.40. The molecule has 2 aromatic rings. The molecule has 0 bridgehead atoms. The van der Waals surface area contributed by atoms with Crippen LogP contribution in [0.25, 0.3) is 0 Å². The summed E-state index contributed by atoms with van der Waals surface area (Å²) in [6.45, 7) is 0. The summed E-state index contributed by atoms with van der Waals surface area (Å²) in [5, 5.41) is 0. The topological polar surface area (TPSA) is 65.2 Å². The maximum atomic E-state index is 12.4. The number of aromatic nitrogens is 1. The van der Waals surface area contributed by atoms with Crippen LogP contribution in [0, 0.1) is 0 Å². The Morgan fingerprint density at radius 2 is 1.75 bits per heavy atom. The highest BCUT2D eigenvalue weighted by Gasteiger charge is 2.30. The first-order valence-electron chi connectivity index (χ1n) is 5.47. The molecule has 0 amide bonds. The highest BCUT2D eigenvalue weighted by Crippen LogP contribution is 2.30. The third-order valence-electron chi connectivity index (χ3n) is 2.41. The lowest BCUT2D eigenvalue weighted by Crippen LogP contribution is -2.10. The summed E-state index contributed by atoms with van der Waals surface area (Å²) in [5.41, 5.74) is 4.71. The molecule has 104 valence electrons. The van der Waals surface area contributed by atoms with Crippen molar-refractivity contribution in [2.24, 2.45) is 0 Å². The number of nitrogens with two attached hydrogens (primary N) is 1. The molecule has 7 heteroatoms. The van der Waals surface area contributed by atoms with Gasteiger partial charge in [0.05, 0.1) is 11.1 Å². The van der Waals surface area contributed by atoms with Crippen molar-refractivity contribution in [2.45, 2.75) is 6.18 Å². The van der Waals surface area contributed by atoms with Gasteiger partial charge in [0.2, 0.25) is 0 Å². The van der Waals surface area contributed by atoms with Crippen LogP contribution in [-0.2, 0) is 6.18 Å². The third kappa shape index (κ3) is 3.25. The Labute approximate surface area is 112 Å². The van der Waals surface area contributed by atoms with Crippen LogP contribution in [0.2, 0.25) is 0 Å². The number of nitrogens with zero attached hydrogens (tertiary/aromatic N) is 1.